The van der Waals surface area contributed by atoms with E-state index in [0.29, 0.717) is 17.5 Å². The Labute approximate surface area is 192 Å². The Hall–Kier alpha value is -3.31. The van der Waals surface area contributed by atoms with Crippen LogP contribution in [-0.4, -0.2) is 52.0 Å². The molecule has 0 bridgehead atoms. The number of hydrazine groups is 1. The quantitative estimate of drug-likeness (QED) is 0.650. The van der Waals surface area contributed by atoms with Gasteiger partial charge in [0.25, 0.3) is 5.91 Å². The van der Waals surface area contributed by atoms with Crippen LogP contribution in [0.15, 0.2) is 58.8 Å². The average molecular weight is 478 g/mol. The molecule has 11 heteroatoms. The third-order valence-corrected chi connectivity index (χ3v) is 5.99. The first-order valence-corrected chi connectivity index (χ1v) is 10.5. The standard InChI is InChI=1S/C23H22F4N4O3/c1-13(16-4-3-5-17(19(16)24)23(25,26)27)29-21(33)14-10-18(20-28-12-30(2)31(20)11-14)22(34)8-6-15(32)7-9-22/h3-6,8,10-11,13,34H,7,9,12H2,1-2H3,(H,29,33)/t13-,22?/m1/s1. The van der Waals surface area contributed by atoms with Crippen molar-refractivity contribution in [2.24, 2.45) is 4.99 Å². The predicted octanol–water partition coefficient (Wildman–Crippen LogP) is 3.01. The number of aliphatic hydroxyl groups is 1. The number of carbonyl (C=O) groups excluding carboxylic acids is 2. The first-order chi connectivity index (χ1) is 15.9. The summed E-state index contributed by atoms with van der Waals surface area (Å²) in [6.07, 6.45) is 0.902. The molecule has 1 aromatic rings. The maximum Gasteiger partial charge on any atom is 0.419 e. The SMILES string of the molecule is C[C@@H](NC(=O)C1=CN2C(=NCN2C)C(C2(O)C=CC(=O)CC2)=C1)c1cccc(C(F)(F)F)c1F. The highest BCUT2D eigenvalue weighted by Gasteiger charge is 2.41. The Kier molecular flexibility index (Phi) is 5.94. The zero-order chi connectivity index (χ0) is 24.8. The number of alkyl halides is 3. The minimum Gasteiger partial charge on any atom is -0.381 e. The Bertz CT molecular complexity index is 1170. The van der Waals surface area contributed by atoms with Gasteiger partial charge in [0.1, 0.15) is 23.9 Å². The van der Waals surface area contributed by atoms with Crippen molar-refractivity contribution in [3.8, 4) is 0 Å². The third-order valence-electron chi connectivity index (χ3n) is 5.99. The molecular formula is C23H22F4N4O3. The van der Waals surface area contributed by atoms with Crippen LogP contribution in [0, 0.1) is 5.82 Å². The maximum atomic E-state index is 14.5. The number of hydrogen-bond donors (Lipinski definition) is 2. The van der Waals surface area contributed by atoms with Gasteiger partial charge >= 0.3 is 6.18 Å². The van der Waals surface area contributed by atoms with E-state index < -0.39 is 35.1 Å². The number of nitrogens with one attached hydrogen (secondary N) is 1. The number of aliphatic imine (C=N–C) groups is 1. The van der Waals surface area contributed by atoms with Crippen LogP contribution >= 0.6 is 0 Å². The fourth-order valence-corrected chi connectivity index (χ4v) is 4.07. The van der Waals surface area contributed by atoms with E-state index in [-0.39, 0.29) is 36.4 Å². The van der Waals surface area contributed by atoms with Crippen LogP contribution in [0.1, 0.15) is 36.9 Å². The Morgan fingerprint density at radius 3 is 2.71 bits per heavy atom. The molecule has 0 saturated heterocycles. The first kappa shape index (κ1) is 23.8. The van der Waals surface area contributed by atoms with E-state index in [9.17, 15) is 32.3 Å². The van der Waals surface area contributed by atoms with Gasteiger partial charge in [0.15, 0.2) is 5.78 Å². The van der Waals surface area contributed by atoms with Gasteiger partial charge in [-0.3, -0.25) is 14.6 Å². The van der Waals surface area contributed by atoms with E-state index in [2.05, 4.69) is 10.3 Å². The summed E-state index contributed by atoms with van der Waals surface area (Å²) in [5.74, 6) is -1.84. The predicted molar refractivity (Wildman–Crippen MR) is 114 cm³/mol. The second-order valence-corrected chi connectivity index (χ2v) is 8.39. The normalized spacial score (nSPS) is 23.8. The minimum absolute atomic E-state index is 0.0839. The number of benzene rings is 1. The zero-order valence-corrected chi connectivity index (χ0v) is 18.4. The molecule has 2 aliphatic heterocycles. The number of hydrogen-bond acceptors (Lipinski definition) is 6. The van der Waals surface area contributed by atoms with Gasteiger partial charge in [-0.25, -0.2) is 9.38 Å². The molecule has 1 unspecified atom stereocenters. The molecule has 0 fully saturated rings. The fourth-order valence-electron chi connectivity index (χ4n) is 4.07. The van der Waals surface area contributed by atoms with Crippen LogP contribution in [0.2, 0.25) is 0 Å². The summed E-state index contributed by atoms with van der Waals surface area (Å²) < 4.78 is 53.7. The van der Waals surface area contributed by atoms with Gasteiger partial charge in [-0.05, 0) is 37.6 Å². The highest BCUT2D eigenvalue weighted by Crippen LogP contribution is 2.36. The molecule has 0 aromatic heterocycles. The van der Waals surface area contributed by atoms with Gasteiger partial charge in [-0.2, -0.15) is 18.2 Å². The van der Waals surface area contributed by atoms with Crippen molar-refractivity contribution in [2.45, 2.75) is 37.6 Å². The van der Waals surface area contributed by atoms with Gasteiger partial charge in [0.2, 0.25) is 0 Å². The largest absolute Gasteiger partial charge is 0.419 e. The Morgan fingerprint density at radius 2 is 2.06 bits per heavy atom. The summed E-state index contributed by atoms with van der Waals surface area (Å²) in [7, 11) is 1.72. The molecule has 1 amide bonds. The number of carbonyl (C=O) groups is 2. The van der Waals surface area contributed by atoms with Crippen LogP contribution < -0.4 is 5.32 Å². The van der Waals surface area contributed by atoms with Crippen LogP contribution in [-0.2, 0) is 15.8 Å². The first-order valence-electron chi connectivity index (χ1n) is 10.5. The molecular weight excluding hydrogens is 456 g/mol. The highest BCUT2D eigenvalue weighted by atomic mass is 19.4. The van der Waals surface area contributed by atoms with Crippen molar-refractivity contribution >= 4 is 17.5 Å². The summed E-state index contributed by atoms with van der Waals surface area (Å²) in [4.78, 5) is 29.1. The molecule has 2 atom stereocenters. The smallest absolute Gasteiger partial charge is 0.381 e. The van der Waals surface area contributed by atoms with E-state index in [4.69, 9.17) is 0 Å². The number of allylic oxidation sites excluding steroid dienone is 1. The van der Waals surface area contributed by atoms with Crippen LogP contribution in [0.3, 0.4) is 0 Å². The molecule has 3 aliphatic rings. The molecule has 0 radical (unpaired) electrons. The van der Waals surface area contributed by atoms with E-state index in [1.54, 1.807) is 17.1 Å². The number of amides is 1. The summed E-state index contributed by atoms with van der Waals surface area (Å²) in [6, 6.07) is 1.82. The lowest BCUT2D eigenvalue weighted by Crippen LogP contribution is -2.45. The van der Waals surface area contributed by atoms with E-state index in [0.717, 1.165) is 6.07 Å². The molecule has 4 rings (SSSR count). The molecule has 1 aromatic carbocycles. The molecule has 2 N–H and O–H groups in total. The monoisotopic (exact) mass is 478 g/mol. The van der Waals surface area contributed by atoms with Crippen molar-refractivity contribution < 1.29 is 32.3 Å². The zero-order valence-electron chi connectivity index (χ0n) is 18.4. The van der Waals surface area contributed by atoms with Gasteiger partial charge in [-0.1, -0.05) is 12.1 Å². The van der Waals surface area contributed by atoms with E-state index in [1.165, 1.54) is 37.4 Å². The van der Waals surface area contributed by atoms with E-state index in [1.807, 2.05) is 0 Å². The fraction of sp³-hybridized carbons (Fsp3) is 0.348. The lowest BCUT2D eigenvalue weighted by atomic mass is 9.81. The van der Waals surface area contributed by atoms with Crippen molar-refractivity contribution in [1.82, 2.24) is 15.3 Å². The highest BCUT2D eigenvalue weighted by molar-refractivity contribution is 6.08. The summed E-state index contributed by atoms with van der Waals surface area (Å²) in [5, 5.41) is 17.0. The summed E-state index contributed by atoms with van der Waals surface area (Å²) >= 11 is 0. The van der Waals surface area contributed by atoms with Gasteiger partial charge < -0.3 is 10.4 Å². The molecule has 0 spiro atoms. The van der Waals surface area contributed by atoms with Crippen molar-refractivity contribution in [2.75, 3.05) is 13.7 Å². The number of nitrogens with zero attached hydrogens (tertiary/aromatic N) is 3. The molecule has 34 heavy (non-hydrogen) atoms. The summed E-state index contributed by atoms with van der Waals surface area (Å²) in [5.41, 5.74) is -2.86. The van der Waals surface area contributed by atoms with Gasteiger partial charge in [0.05, 0.1) is 17.2 Å². The minimum atomic E-state index is -4.87. The van der Waals surface area contributed by atoms with Gasteiger partial charge in [-0.15, -0.1) is 0 Å². The Balaban J connectivity index is 1.64. The maximum absolute atomic E-state index is 14.5. The summed E-state index contributed by atoms with van der Waals surface area (Å²) in [6.45, 7) is 1.64. The molecule has 1 aliphatic carbocycles. The van der Waals surface area contributed by atoms with Crippen LogP contribution in [0.5, 0.6) is 0 Å². The lowest BCUT2D eigenvalue weighted by molar-refractivity contribution is -0.140. The lowest BCUT2D eigenvalue weighted by Gasteiger charge is -2.36. The van der Waals surface area contributed by atoms with E-state index >= 15 is 0 Å². The third kappa shape index (κ3) is 4.28. The number of ketones is 1. The van der Waals surface area contributed by atoms with Crippen molar-refractivity contribution in [3.63, 3.8) is 0 Å². The molecule has 180 valence electrons. The number of fused-ring (bicyclic) bond motifs is 1. The van der Waals surface area contributed by atoms with Crippen molar-refractivity contribution in [3.05, 3.63) is 70.7 Å². The Morgan fingerprint density at radius 1 is 1.32 bits per heavy atom. The molecule has 7 nitrogen and oxygen atoms in total. The number of rotatable bonds is 4. The van der Waals surface area contributed by atoms with Crippen LogP contribution in [0.4, 0.5) is 17.6 Å². The second-order valence-electron chi connectivity index (χ2n) is 8.39. The van der Waals surface area contributed by atoms with Crippen molar-refractivity contribution in [1.29, 1.82) is 0 Å². The topological polar surface area (TPSA) is 85.2 Å². The number of amidine groups is 1. The molecule has 0 saturated carbocycles. The average Bonchev–Trinajstić information content (AvgIpc) is 3.15. The molecule has 2 heterocycles. The van der Waals surface area contributed by atoms with Crippen LogP contribution in [0.25, 0.3) is 0 Å². The second kappa shape index (κ2) is 8.48. The van der Waals surface area contributed by atoms with Gasteiger partial charge in [0, 0.05) is 30.8 Å². The number of halogens is 4.